The van der Waals surface area contributed by atoms with Crippen molar-refractivity contribution in [2.24, 2.45) is 0 Å². The zero-order valence-corrected chi connectivity index (χ0v) is 10.7. The number of benzene rings is 2. The number of hydrogen-bond acceptors (Lipinski definition) is 1. The molecular weight excluding hydrogens is 206 g/mol. The largest absolute Gasteiger partial charge is 0.398 e. The topological polar surface area (TPSA) is 26.0 Å². The van der Waals surface area contributed by atoms with Gasteiger partial charge in [0, 0.05) is 5.69 Å². The van der Waals surface area contributed by atoms with Crippen LogP contribution in [0.15, 0.2) is 48.5 Å². The summed E-state index contributed by atoms with van der Waals surface area (Å²) in [5, 5.41) is 0. The summed E-state index contributed by atoms with van der Waals surface area (Å²) in [7, 11) is 0. The van der Waals surface area contributed by atoms with Crippen molar-refractivity contribution >= 4 is 5.69 Å². The minimum absolute atomic E-state index is 0.0965. The Bertz CT molecular complexity index is 507. The fourth-order valence-electron chi connectivity index (χ4n) is 2.06. The second-order valence-electron chi connectivity index (χ2n) is 5.42. The van der Waals surface area contributed by atoms with Crippen LogP contribution in [0.5, 0.6) is 0 Å². The molecule has 0 aliphatic carbocycles. The van der Waals surface area contributed by atoms with Gasteiger partial charge in [0.1, 0.15) is 0 Å². The maximum atomic E-state index is 6.14. The van der Waals surface area contributed by atoms with Gasteiger partial charge in [0.05, 0.1) is 0 Å². The summed E-state index contributed by atoms with van der Waals surface area (Å²) in [6.45, 7) is 6.54. The van der Waals surface area contributed by atoms with E-state index in [9.17, 15) is 0 Å². The molecule has 2 aromatic carbocycles. The fourth-order valence-corrected chi connectivity index (χ4v) is 2.06. The predicted molar refractivity (Wildman–Crippen MR) is 75.0 cm³/mol. The molecule has 0 atom stereocenters. The van der Waals surface area contributed by atoms with Gasteiger partial charge in [-0.1, -0.05) is 63.2 Å². The Morgan fingerprint density at radius 3 is 2.00 bits per heavy atom. The van der Waals surface area contributed by atoms with Gasteiger partial charge in [0.25, 0.3) is 0 Å². The standard InChI is InChI=1S/C16H19N/c1-16(2,3)14-10-9-13(11-15(14)17)12-7-5-4-6-8-12/h4-11H,17H2,1-3H3. The van der Waals surface area contributed by atoms with Gasteiger partial charge in [-0.15, -0.1) is 0 Å². The van der Waals surface area contributed by atoms with Crippen molar-refractivity contribution in [3.05, 3.63) is 54.1 Å². The molecule has 0 saturated carbocycles. The molecule has 0 heterocycles. The summed E-state index contributed by atoms with van der Waals surface area (Å²) in [5.74, 6) is 0. The van der Waals surface area contributed by atoms with Crippen molar-refractivity contribution in [2.75, 3.05) is 5.73 Å². The fraction of sp³-hybridized carbons (Fsp3) is 0.250. The van der Waals surface area contributed by atoms with Crippen LogP contribution in [0.4, 0.5) is 5.69 Å². The lowest BCUT2D eigenvalue weighted by atomic mass is 9.85. The van der Waals surface area contributed by atoms with Crippen LogP contribution in [0.2, 0.25) is 0 Å². The minimum Gasteiger partial charge on any atom is -0.398 e. The Morgan fingerprint density at radius 1 is 0.824 bits per heavy atom. The van der Waals surface area contributed by atoms with E-state index in [1.807, 2.05) is 18.2 Å². The van der Waals surface area contributed by atoms with Crippen LogP contribution in [0.3, 0.4) is 0 Å². The molecule has 1 nitrogen and oxygen atoms in total. The van der Waals surface area contributed by atoms with Gasteiger partial charge in [-0.25, -0.2) is 0 Å². The smallest absolute Gasteiger partial charge is 0.0358 e. The van der Waals surface area contributed by atoms with Gasteiger partial charge in [0.15, 0.2) is 0 Å². The van der Waals surface area contributed by atoms with Crippen molar-refractivity contribution in [1.29, 1.82) is 0 Å². The molecule has 0 aliphatic heterocycles. The summed E-state index contributed by atoms with van der Waals surface area (Å²) < 4.78 is 0. The summed E-state index contributed by atoms with van der Waals surface area (Å²) in [4.78, 5) is 0. The molecule has 0 fully saturated rings. The number of nitrogens with two attached hydrogens (primary N) is 1. The summed E-state index contributed by atoms with van der Waals surface area (Å²) in [5.41, 5.74) is 10.7. The van der Waals surface area contributed by atoms with Crippen LogP contribution < -0.4 is 5.73 Å². The molecule has 0 radical (unpaired) electrons. The lowest BCUT2D eigenvalue weighted by Crippen LogP contribution is -2.13. The molecule has 0 saturated heterocycles. The highest BCUT2D eigenvalue weighted by atomic mass is 14.6. The molecule has 0 amide bonds. The van der Waals surface area contributed by atoms with Crippen molar-refractivity contribution in [1.82, 2.24) is 0 Å². The van der Waals surface area contributed by atoms with Gasteiger partial charge in [0.2, 0.25) is 0 Å². The molecule has 0 bridgehead atoms. The Kier molecular flexibility index (Phi) is 2.93. The predicted octanol–water partition coefficient (Wildman–Crippen LogP) is 4.23. The van der Waals surface area contributed by atoms with Crippen LogP contribution in [-0.2, 0) is 5.41 Å². The van der Waals surface area contributed by atoms with Crippen LogP contribution in [-0.4, -0.2) is 0 Å². The van der Waals surface area contributed by atoms with Gasteiger partial charge in [-0.3, -0.25) is 0 Å². The molecule has 17 heavy (non-hydrogen) atoms. The van der Waals surface area contributed by atoms with E-state index < -0.39 is 0 Å². The maximum absolute atomic E-state index is 6.14. The molecule has 1 heteroatoms. The summed E-state index contributed by atoms with van der Waals surface area (Å²) >= 11 is 0. The van der Waals surface area contributed by atoms with E-state index in [0.29, 0.717) is 0 Å². The van der Waals surface area contributed by atoms with E-state index in [-0.39, 0.29) is 5.41 Å². The van der Waals surface area contributed by atoms with E-state index in [2.05, 4.69) is 51.1 Å². The van der Waals surface area contributed by atoms with Gasteiger partial charge in [-0.05, 0) is 28.2 Å². The van der Waals surface area contributed by atoms with E-state index in [1.165, 1.54) is 16.7 Å². The van der Waals surface area contributed by atoms with Gasteiger partial charge >= 0.3 is 0 Å². The molecular formula is C16H19N. The average Bonchev–Trinajstić information content (AvgIpc) is 2.28. The van der Waals surface area contributed by atoms with Crippen molar-refractivity contribution in [2.45, 2.75) is 26.2 Å². The second-order valence-corrected chi connectivity index (χ2v) is 5.42. The van der Waals surface area contributed by atoms with E-state index in [4.69, 9.17) is 5.73 Å². The first-order chi connectivity index (χ1) is 7.98. The monoisotopic (exact) mass is 225 g/mol. The summed E-state index contributed by atoms with van der Waals surface area (Å²) in [6.07, 6.45) is 0. The third kappa shape index (κ3) is 2.50. The highest BCUT2D eigenvalue weighted by Gasteiger charge is 2.16. The third-order valence-corrected chi connectivity index (χ3v) is 2.97. The first kappa shape index (κ1) is 11.7. The SMILES string of the molecule is CC(C)(C)c1ccc(-c2ccccc2)cc1N. The Labute approximate surface area is 103 Å². The van der Waals surface area contributed by atoms with Crippen molar-refractivity contribution < 1.29 is 0 Å². The normalized spacial score (nSPS) is 11.5. The number of hydrogen-bond donors (Lipinski definition) is 1. The lowest BCUT2D eigenvalue weighted by molar-refractivity contribution is 0.592. The number of rotatable bonds is 1. The highest BCUT2D eigenvalue weighted by Crippen LogP contribution is 2.31. The Morgan fingerprint density at radius 2 is 1.47 bits per heavy atom. The maximum Gasteiger partial charge on any atom is 0.0358 e. The molecule has 0 unspecified atom stereocenters. The zero-order chi connectivity index (χ0) is 12.5. The quantitative estimate of drug-likeness (QED) is 0.722. The molecule has 2 N–H and O–H groups in total. The molecule has 2 rings (SSSR count). The number of nitrogen functional groups attached to an aromatic ring is 1. The van der Waals surface area contributed by atoms with Crippen molar-refractivity contribution in [3.63, 3.8) is 0 Å². The second kappa shape index (κ2) is 4.25. The van der Waals surface area contributed by atoms with E-state index in [1.54, 1.807) is 0 Å². The lowest BCUT2D eigenvalue weighted by Gasteiger charge is -2.21. The first-order valence-corrected chi connectivity index (χ1v) is 5.94. The zero-order valence-electron chi connectivity index (χ0n) is 10.7. The van der Waals surface area contributed by atoms with Crippen LogP contribution in [0, 0.1) is 0 Å². The van der Waals surface area contributed by atoms with Gasteiger partial charge in [-0.2, -0.15) is 0 Å². The van der Waals surface area contributed by atoms with Crippen molar-refractivity contribution in [3.8, 4) is 11.1 Å². The Balaban J connectivity index is 2.45. The van der Waals surface area contributed by atoms with Crippen LogP contribution in [0.25, 0.3) is 11.1 Å². The molecule has 2 aromatic rings. The van der Waals surface area contributed by atoms with E-state index >= 15 is 0 Å². The van der Waals surface area contributed by atoms with E-state index in [0.717, 1.165) is 5.69 Å². The average molecular weight is 225 g/mol. The van der Waals surface area contributed by atoms with Crippen LogP contribution in [0.1, 0.15) is 26.3 Å². The molecule has 88 valence electrons. The van der Waals surface area contributed by atoms with Crippen LogP contribution >= 0.6 is 0 Å². The highest BCUT2D eigenvalue weighted by molar-refractivity contribution is 5.69. The third-order valence-electron chi connectivity index (χ3n) is 2.97. The molecule has 0 aromatic heterocycles. The molecule has 0 aliphatic rings. The Hall–Kier alpha value is -1.76. The first-order valence-electron chi connectivity index (χ1n) is 5.94. The number of anilines is 1. The summed E-state index contributed by atoms with van der Waals surface area (Å²) in [6, 6.07) is 16.7. The van der Waals surface area contributed by atoms with Gasteiger partial charge < -0.3 is 5.73 Å². The molecule has 0 spiro atoms. The minimum atomic E-state index is 0.0965.